The first-order chi connectivity index (χ1) is 9.92. The number of rotatable bonds is 3. The van der Waals surface area contributed by atoms with Crippen LogP contribution in [-0.4, -0.2) is 54.9 Å². The number of nitrogens with zero attached hydrogens (tertiary/aromatic N) is 5. The predicted octanol–water partition coefficient (Wildman–Crippen LogP) is 1.38. The summed E-state index contributed by atoms with van der Waals surface area (Å²) >= 11 is 1.07. The number of aromatic nitrogens is 4. The molecule has 3 heterocycles. The molecule has 1 fully saturated rings. The van der Waals surface area contributed by atoms with E-state index in [1.54, 1.807) is 18.5 Å². The third kappa shape index (κ3) is 3.09. The smallest absolute Gasteiger partial charge is 0.333 e. The third-order valence-corrected chi connectivity index (χ3v) is 4.07. The van der Waals surface area contributed by atoms with Gasteiger partial charge in [-0.15, -0.1) is 5.10 Å². The Morgan fingerprint density at radius 2 is 2.24 bits per heavy atom. The molecule has 1 saturated heterocycles. The van der Waals surface area contributed by atoms with Crippen LogP contribution in [0.25, 0.3) is 5.78 Å². The van der Waals surface area contributed by atoms with Gasteiger partial charge in [-0.2, -0.15) is 18.2 Å². The number of likely N-dealkylation sites (tertiary alicyclic amines) is 1. The van der Waals surface area contributed by atoms with Crippen LogP contribution < -0.4 is 0 Å². The zero-order chi connectivity index (χ0) is 15.0. The Hall–Kier alpha value is -1.84. The van der Waals surface area contributed by atoms with Crippen molar-refractivity contribution >= 4 is 23.4 Å². The Kier molecular flexibility index (Phi) is 3.47. The Balaban J connectivity index is 1.69. The van der Waals surface area contributed by atoms with Crippen molar-refractivity contribution in [2.45, 2.75) is 23.0 Å². The van der Waals surface area contributed by atoms with E-state index in [0.717, 1.165) is 16.7 Å². The van der Waals surface area contributed by atoms with Crippen LogP contribution in [0.4, 0.5) is 13.2 Å². The van der Waals surface area contributed by atoms with Crippen molar-refractivity contribution in [2.24, 2.45) is 0 Å². The van der Waals surface area contributed by atoms with Gasteiger partial charge < -0.3 is 4.90 Å². The van der Waals surface area contributed by atoms with Gasteiger partial charge in [-0.1, -0.05) is 11.8 Å². The molecule has 21 heavy (non-hydrogen) atoms. The summed E-state index contributed by atoms with van der Waals surface area (Å²) in [6.45, 7) is -1.11. The minimum atomic E-state index is -4.37. The molecule has 2 aromatic rings. The van der Waals surface area contributed by atoms with Gasteiger partial charge in [-0.3, -0.25) is 4.79 Å². The third-order valence-electron chi connectivity index (χ3n) is 2.96. The van der Waals surface area contributed by atoms with Crippen LogP contribution in [0.3, 0.4) is 0 Å². The van der Waals surface area contributed by atoms with Gasteiger partial charge in [0.2, 0.25) is 11.1 Å². The fourth-order valence-corrected chi connectivity index (χ4v) is 3.08. The van der Waals surface area contributed by atoms with Crippen LogP contribution in [0.1, 0.15) is 6.42 Å². The minimum absolute atomic E-state index is 0.0988. The predicted molar refractivity (Wildman–Crippen MR) is 67.7 cm³/mol. The molecule has 0 N–H and O–H groups in total. The number of carbonyl (C=O) groups is 1. The Morgan fingerprint density at radius 1 is 1.43 bits per heavy atom. The van der Waals surface area contributed by atoms with Crippen LogP contribution in [0, 0.1) is 0 Å². The van der Waals surface area contributed by atoms with Crippen LogP contribution in [-0.2, 0) is 4.79 Å². The minimum Gasteiger partial charge on any atom is -0.333 e. The monoisotopic (exact) mass is 317 g/mol. The van der Waals surface area contributed by atoms with E-state index in [0.29, 0.717) is 17.4 Å². The molecule has 0 aliphatic carbocycles. The number of hydrogen-bond donors (Lipinski definition) is 0. The van der Waals surface area contributed by atoms with Crippen molar-refractivity contribution in [2.75, 3.05) is 13.1 Å². The molecule has 0 spiro atoms. The molecule has 0 bridgehead atoms. The zero-order valence-corrected chi connectivity index (χ0v) is 11.4. The average molecular weight is 317 g/mol. The molecule has 1 amide bonds. The second-order valence-corrected chi connectivity index (χ2v) is 5.70. The van der Waals surface area contributed by atoms with E-state index < -0.39 is 23.9 Å². The van der Waals surface area contributed by atoms with E-state index in [1.165, 1.54) is 4.52 Å². The van der Waals surface area contributed by atoms with Gasteiger partial charge in [0.15, 0.2) is 0 Å². The van der Waals surface area contributed by atoms with E-state index in [9.17, 15) is 18.0 Å². The van der Waals surface area contributed by atoms with Gasteiger partial charge in [-0.05, 0) is 12.5 Å². The first kappa shape index (κ1) is 14.1. The van der Waals surface area contributed by atoms with E-state index >= 15 is 0 Å². The maximum atomic E-state index is 12.3. The highest BCUT2D eigenvalue weighted by molar-refractivity contribution is 8.00. The average Bonchev–Trinajstić information content (AvgIpc) is 2.95. The highest BCUT2D eigenvalue weighted by Crippen LogP contribution is 2.30. The topological polar surface area (TPSA) is 63.4 Å². The Labute approximate surface area is 121 Å². The molecule has 0 radical (unpaired) electrons. The SMILES string of the molecule is O=C1C(Sc2nc3ncccn3n2)CCN1CC(F)(F)F. The molecule has 1 atom stereocenters. The largest absolute Gasteiger partial charge is 0.406 e. The van der Waals surface area contributed by atoms with Crippen molar-refractivity contribution in [1.29, 1.82) is 0 Å². The molecule has 112 valence electrons. The highest BCUT2D eigenvalue weighted by atomic mass is 32.2. The van der Waals surface area contributed by atoms with Crippen molar-refractivity contribution in [1.82, 2.24) is 24.5 Å². The van der Waals surface area contributed by atoms with Gasteiger partial charge in [0.05, 0.1) is 5.25 Å². The molecule has 10 heteroatoms. The summed E-state index contributed by atoms with van der Waals surface area (Å²) in [5, 5.41) is 3.88. The molecule has 2 aromatic heterocycles. The van der Waals surface area contributed by atoms with Crippen molar-refractivity contribution in [3.05, 3.63) is 18.5 Å². The second kappa shape index (κ2) is 5.17. The van der Waals surface area contributed by atoms with E-state index in [4.69, 9.17) is 0 Å². The molecular formula is C11H10F3N5OS. The first-order valence-corrected chi connectivity index (χ1v) is 7.00. The number of fused-ring (bicyclic) bond motifs is 1. The molecule has 0 aromatic carbocycles. The molecule has 1 aliphatic heterocycles. The van der Waals surface area contributed by atoms with E-state index in [1.807, 2.05) is 0 Å². The number of hydrogen-bond acceptors (Lipinski definition) is 5. The maximum Gasteiger partial charge on any atom is 0.406 e. The van der Waals surface area contributed by atoms with Gasteiger partial charge in [-0.25, -0.2) is 9.50 Å². The van der Waals surface area contributed by atoms with Crippen molar-refractivity contribution in [3.63, 3.8) is 0 Å². The summed E-state index contributed by atoms with van der Waals surface area (Å²) in [5.41, 5.74) is 0. The number of thioether (sulfide) groups is 1. The maximum absolute atomic E-state index is 12.3. The molecule has 0 saturated carbocycles. The summed E-state index contributed by atoms with van der Waals surface area (Å²) in [5.74, 6) is -0.137. The zero-order valence-electron chi connectivity index (χ0n) is 10.6. The van der Waals surface area contributed by atoms with Crippen molar-refractivity contribution < 1.29 is 18.0 Å². The first-order valence-electron chi connectivity index (χ1n) is 6.12. The van der Waals surface area contributed by atoms with Crippen LogP contribution in [0.15, 0.2) is 23.6 Å². The Bertz CT molecular complexity index is 640. The summed E-state index contributed by atoms with van der Waals surface area (Å²) < 4.78 is 38.5. The lowest BCUT2D eigenvalue weighted by molar-refractivity contribution is -0.157. The molecule has 1 unspecified atom stereocenters. The fraction of sp³-hybridized carbons (Fsp3) is 0.455. The van der Waals surface area contributed by atoms with Gasteiger partial charge in [0.1, 0.15) is 6.54 Å². The lowest BCUT2D eigenvalue weighted by Crippen LogP contribution is -2.36. The number of alkyl halides is 3. The van der Waals surface area contributed by atoms with E-state index in [-0.39, 0.29) is 6.54 Å². The summed E-state index contributed by atoms with van der Waals surface area (Å²) in [7, 11) is 0. The van der Waals surface area contributed by atoms with Crippen LogP contribution in [0.2, 0.25) is 0 Å². The molecular weight excluding hydrogens is 307 g/mol. The summed E-state index contributed by atoms with van der Waals surface area (Å²) in [4.78, 5) is 20.9. The number of amides is 1. The van der Waals surface area contributed by atoms with Gasteiger partial charge in [0.25, 0.3) is 5.78 Å². The number of carbonyl (C=O) groups excluding carboxylic acids is 1. The standard InChI is InChI=1S/C11H10F3N5OS/c12-11(13,14)6-18-5-2-7(8(18)20)21-10-16-9-15-3-1-4-19(9)17-10/h1,3-4,7H,2,5-6H2. The van der Waals surface area contributed by atoms with Crippen LogP contribution in [0.5, 0.6) is 0 Å². The van der Waals surface area contributed by atoms with Crippen molar-refractivity contribution in [3.8, 4) is 0 Å². The molecule has 6 nitrogen and oxygen atoms in total. The summed E-state index contributed by atoms with van der Waals surface area (Å²) in [6.07, 6.45) is -0.806. The second-order valence-electron chi connectivity index (χ2n) is 4.53. The quantitative estimate of drug-likeness (QED) is 0.856. The molecule has 1 aliphatic rings. The fourth-order valence-electron chi connectivity index (χ4n) is 2.08. The Morgan fingerprint density at radius 3 is 2.95 bits per heavy atom. The lowest BCUT2D eigenvalue weighted by atomic mass is 10.4. The van der Waals surface area contributed by atoms with E-state index in [2.05, 4.69) is 15.1 Å². The highest BCUT2D eigenvalue weighted by Gasteiger charge is 2.40. The van der Waals surface area contributed by atoms with Gasteiger partial charge >= 0.3 is 6.18 Å². The summed E-state index contributed by atoms with van der Waals surface area (Å²) in [6, 6.07) is 1.68. The van der Waals surface area contributed by atoms with Gasteiger partial charge in [0, 0.05) is 18.9 Å². The molecule has 3 rings (SSSR count). The lowest BCUT2D eigenvalue weighted by Gasteiger charge is -2.17. The van der Waals surface area contributed by atoms with Crippen LogP contribution >= 0.6 is 11.8 Å². The normalized spacial score (nSPS) is 19.7. The number of halogens is 3.